The highest BCUT2D eigenvalue weighted by molar-refractivity contribution is 5.49. The van der Waals surface area contributed by atoms with Gasteiger partial charge in [-0.05, 0) is 41.0 Å². The van der Waals surface area contributed by atoms with Crippen LogP contribution < -0.4 is 10.1 Å². The molecule has 1 heterocycles. The lowest BCUT2D eigenvalue weighted by atomic mass is 10.1. The molecule has 0 saturated heterocycles. The molecule has 0 bridgehead atoms. The number of fused-ring (bicyclic) bond motifs is 1. The van der Waals surface area contributed by atoms with Crippen LogP contribution in [-0.4, -0.2) is 18.3 Å². The summed E-state index contributed by atoms with van der Waals surface area (Å²) in [7, 11) is 1.89. The highest BCUT2D eigenvalue weighted by Crippen LogP contribution is 2.28. The molecule has 1 aliphatic rings. The molecule has 0 spiro atoms. The highest BCUT2D eigenvalue weighted by atomic mass is 19.4. The Bertz CT molecular complexity index is 683. The maximum atomic E-state index is 12.1. The fourth-order valence-electron chi connectivity index (χ4n) is 2.79. The van der Waals surface area contributed by atoms with Crippen molar-refractivity contribution in [3.05, 3.63) is 59.2 Å². The molecule has 0 atom stereocenters. The molecule has 1 N–H and O–H groups in total. The van der Waals surface area contributed by atoms with Crippen LogP contribution in [0.1, 0.15) is 16.7 Å². The second kappa shape index (κ2) is 6.12. The number of hydrogen-bond acceptors (Lipinski definition) is 3. The number of ether oxygens (including phenoxy) is 1. The van der Waals surface area contributed by atoms with E-state index in [0.29, 0.717) is 6.54 Å². The zero-order valence-electron chi connectivity index (χ0n) is 12.7. The maximum absolute atomic E-state index is 12.1. The van der Waals surface area contributed by atoms with Gasteiger partial charge in [0, 0.05) is 32.4 Å². The van der Waals surface area contributed by atoms with Crippen LogP contribution in [0.5, 0.6) is 5.75 Å². The first-order valence-electron chi connectivity index (χ1n) is 7.29. The minimum Gasteiger partial charge on any atom is -0.406 e. The van der Waals surface area contributed by atoms with Crippen LogP contribution in [0, 0.1) is 0 Å². The van der Waals surface area contributed by atoms with Gasteiger partial charge in [-0.3, -0.25) is 4.90 Å². The number of rotatable bonds is 4. The van der Waals surface area contributed by atoms with Crippen LogP contribution in [0.15, 0.2) is 42.5 Å². The number of nitrogens with zero attached hydrogens (tertiary/aromatic N) is 1. The summed E-state index contributed by atoms with van der Waals surface area (Å²) in [6.45, 7) is 2.38. The van der Waals surface area contributed by atoms with Crippen LogP contribution in [-0.2, 0) is 19.6 Å². The van der Waals surface area contributed by atoms with Crippen molar-refractivity contribution in [1.29, 1.82) is 0 Å². The van der Waals surface area contributed by atoms with Crippen LogP contribution in [0.25, 0.3) is 0 Å². The predicted octanol–water partition coefficient (Wildman–Crippen LogP) is 4.14. The predicted molar refractivity (Wildman–Crippen MR) is 82.1 cm³/mol. The highest BCUT2D eigenvalue weighted by Gasteiger charge is 2.31. The molecule has 23 heavy (non-hydrogen) atoms. The van der Waals surface area contributed by atoms with E-state index in [4.69, 9.17) is 0 Å². The Labute approximate surface area is 132 Å². The zero-order valence-corrected chi connectivity index (χ0v) is 12.7. The van der Waals surface area contributed by atoms with Crippen molar-refractivity contribution in [3.8, 4) is 5.75 Å². The first-order valence-corrected chi connectivity index (χ1v) is 7.29. The average Bonchev–Trinajstić information content (AvgIpc) is 2.89. The van der Waals surface area contributed by atoms with E-state index in [0.717, 1.165) is 24.3 Å². The first-order chi connectivity index (χ1) is 10.9. The average molecular weight is 322 g/mol. The van der Waals surface area contributed by atoms with Crippen molar-refractivity contribution in [2.75, 3.05) is 12.4 Å². The van der Waals surface area contributed by atoms with E-state index in [-0.39, 0.29) is 5.75 Å². The van der Waals surface area contributed by atoms with Crippen LogP contribution in [0.4, 0.5) is 18.9 Å². The SMILES string of the molecule is CNc1ccc2c(c1)CN(Cc1ccc(OC(F)(F)F)cc1)C2. The van der Waals surface area contributed by atoms with Gasteiger partial charge in [0.05, 0.1) is 0 Å². The largest absolute Gasteiger partial charge is 0.573 e. The Balaban J connectivity index is 1.63. The summed E-state index contributed by atoms with van der Waals surface area (Å²) >= 11 is 0. The third kappa shape index (κ3) is 3.96. The Morgan fingerprint density at radius 2 is 1.74 bits per heavy atom. The molecule has 1 aliphatic heterocycles. The first kappa shape index (κ1) is 15.7. The van der Waals surface area contributed by atoms with Gasteiger partial charge in [0.1, 0.15) is 5.75 Å². The molecule has 2 aromatic rings. The van der Waals surface area contributed by atoms with E-state index in [1.807, 2.05) is 13.1 Å². The number of halogens is 3. The van der Waals surface area contributed by atoms with E-state index >= 15 is 0 Å². The number of alkyl halides is 3. The van der Waals surface area contributed by atoms with E-state index < -0.39 is 6.36 Å². The van der Waals surface area contributed by atoms with Gasteiger partial charge in [-0.2, -0.15) is 0 Å². The Kier molecular flexibility index (Phi) is 4.17. The summed E-state index contributed by atoms with van der Waals surface area (Å²) in [5.41, 5.74) is 4.62. The Hall–Kier alpha value is -2.21. The molecule has 122 valence electrons. The third-order valence-electron chi connectivity index (χ3n) is 3.85. The second-order valence-corrected chi connectivity index (χ2v) is 5.57. The molecule has 0 unspecified atom stereocenters. The van der Waals surface area contributed by atoms with E-state index in [9.17, 15) is 13.2 Å². The van der Waals surface area contributed by atoms with Gasteiger partial charge in [-0.25, -0.2) is 0 Å². The van der Waals surface area contributed by atoms with E-state index in [2.05, 4.69) is 27.1 Å². The van der Waals surface area contributed by atoms with Gasteiger partial charge in [0.2, 0.25) is 0 Å². The third-order valence-corrected chi connectivity index (χ3v) is 3.85. The van der Waals surface area contributed by atoms with Gasteiger partial charge in [-0.1, -0.05) is 18.2 Å². The molecule has 0 saturated carbocycles. The molecule has 0 amide bonds. The molecular formula is C17H17F3N2O. The lowest BCUT2D eigenvalue weighted by Gasteiger charge is -2.15. The quantitative estimate of drug-likeness (QED) is 0.915. The number of nitrogens with one attached hydrogen (secondary N) is 1. The molecule has 6 heteroatoms. The summed E-state index contributed by atoms with van der Waals surface area (Å²) in [4.78, 5) is 2.25. The second-order valence-electron chi connectivity index (χ2n) is 5.57. The monoisotopic (exact) mass is 322 g/mol. The molecule has 0 aliphatic carbocycles. The molecular weight excluding hydrogens is 305 g/mol. The van der Waals surface area contributed by atoms with Gasteiger partial charge >= 0.3 is 6.36 Å². The lowest BCUT2D eigenvalue weighted by molar-refractivity contribution is -0.274. The zero-order chi connectivity index (χ0) is 16.4. The summed E-state index contributed by atoms with van der Waals surface area (Å²) < 4.78 is 40.3. The van der Waals surface area contributed by atoms with Crippen molar-refractivity contribution in [2.24, 2.45) is 0 Å². The van der Waals surface area contributed by atoms with Crippen molar-refractivity contribution in [3.63, 3.8) is 0 Å². The van der Waals surface area contributed by atoms with Crippen LogP contribution >= 0.6 is 0 Å². The molecule has 2 aromatic carbocycles. The fraction of sp³-hybridized carbons (Fsp3) is 0.294. The van der Waals surface area contributed by atoms with Crippen LogP contribution in [0.3, 0.4) is 0 Å². The van der Waals surface area contributed by atoms with Gasteiger partial charge in [-0.15, -0.1) is 13.2 Å². The van der Waals surface area contributed by atoms with Crippen molar-refractivity contribution in [1.82, 2.24) is 4.90 Å². The van der Waals surface area contributed by atoms with Crippen molar-refractivity contribution >= 4 is 5.69 Å². The Morgan fingerprint density at radius 3 is 2.39 bits per heavy atom. The standard InChI is InChI=1S/C17H17F3N2O/c1-21-15-5-4-13-10-22(11-14(13)8-15)9-12-2-6-16(7-3-12)23-17(18,19)20/h2-8,21H,9-11H2,1H3. The molecule has 0 fully saturated rings. The van der Waals surface area contributed by atoms with Crippen LogP contribution in [0.2, 0.25) is 0 Å². The van der Waals surface area contributed by atoms with Gasteiger partial charge < -0.3 is 10.1 Å². The minimum absolute atomic E-state index is 0.190. The van der Waals surface area contributed by atoms with Gasteiger partial charge in [0.15, 0.2) is 0 Å². The normalized spacial score (nSPS) is 14.6. The number of anilines is 1. The van der Waals surface area contributed by atoms with E-state index in [1.54, 1.807) is 12.1 Å². The lowest BCUT2D eigenvalue weighted by Crippen LogP contribution is -2.17. The molecule has 0 radical (unpaired) electrons. The molecule has 3 nitrogen and oxygen atoms in total. The smallest absolute Gasteiger partial charge is 0.406 e. The minimum atomic E-state index is -4.65. The maximum Gasteiger partial charge on any atom is 0.573 e. The number of hydrogen-bond donors (Lipinski definition) is 1. The van der Waals surface area contributed by atoms with Crippen molar-refractivity contribution < 1.29 is 17.9 Å². The molecule has 3 rings (SSSR count). The van der Waals surface area contributed by atoms with Gasteiger partial charge in [0.25, 0.3) is 0 Å². The Morgan fingerprint density at radius 1 is 1.04 bits per heavy atom. The van der Waals surface area contributed by atoms with Crippen molar-refractivity contribution in [2.45, 2.75) is 26.0 Å². The summed E-state index contributed by atoms with van der Waals surface area (Å²) in [6.07, 6.45) is -4.65. The van der Waals surface area contributed by atoms with E-state index in [1.165, 1.54) is 23.3 Å². The fourth-order valence-corrected chi connectivity index (χ4v) is 2.79. The molecule has 0 aromatic heterocycles. The summed E-state index contributed by atoms with van der Waals surface area (Å²) in [6, 6.07) is 12.3. The summed E-state index contributed by atoms with van der Waals surface area (Å²) in [5, 5.41) is 3.12. The topological polar surface area (TPSA) is 24.5 Å². The number of benzene rings is 2. The summed E-state index contributed by atoms with van der Waals surface area (Å²) in [5.74, 6) is -0.190.